The Labute approximate surface area is 113 Å². The lowest BCUT2D eigenvalue weighted by Gasteiger charge is -2.18. The number of aromatic nitrogens is 1. The maximum atomic E-state index is 11.7. The van der Waals surface area contributed by atoms with Gasteiger partial charge in [0.25, 0.3) is 0 Å². The van der Waals surface area contributed by atoms with Crippen LogP contribution >= 0.6 is 0 Å². The number of amides is 1. The Kier molecular flexibility index (Phi) is 4.18. The minimum Gasteiger partial charge on any atom is -0.361 e. The molecule has 19 heavy (non-hydrogen) atoms. The zero-order chi connectivity index (χ0) is 13.7. The Balaban J connectivity index is 2.10. The van der Waals surface area contributed by atoms with E-state index < -0.39 is 0 Å². The molecule has 3 nitrogen and oxygen atoms in total. The van der Waals surface area contributed by atoms with E-state index in [-0.39, 0.29) is 5.91 Å². The van der Waals surface area contributed by atoms with E-state index in [4.69, 9.17) is 0 Å². The Morgan fingerprint density at radius 2 is 2.11 bits per heavy atom. The third-order valence-corrected chi connectivity index (χ3v) is 3.16. The molecule has 0 unspecified atom stereocenters. The zero-order valence-corrected chi connectivity index (χ0v) is 10.9. The first-order valence-corrected chi connectivity index (χ1v) is 6.33. The van der Waals surface area contributed by atoms with Gasteiger partial charge >= 0.3 is 0 Å². The van der Waals surface area contributed by atoms with Gasteiger partial charge in [0.2, 0.25) is 5.91 Å². The molecule has 1 amide bonds. The predicted molar refractivity (Wildman–Crippen MR) is 79.0 cm³/mol. The fourth-order valence-corrected chi connectivity index (χ4v) is 2.17. The number of nitrogens with one attached hydrogen (secondary N) is 1. The second-order valence-electron chi connectivity index (χ2n) is 4.39. The summed E-state index contributed by atoms with van der Waals surface area (Å²) in [7, 11) is 0. The summed E-state index contributed by atoms with van der Waals surface area (Å²) >= 11 is 0. The summed E-state index contributed by atoms with van der Waals surface area (Å²) in [6.45, 7) is 8.42. The van der Waals surface area contributed by atoms with Crippen LogP contribution in [0.4, 0.5) is 0 Å². The van der Waals surface area contributed by atoms with E-state index >= 15 is 0 Å². The molecule has 0 saturated carbocycles. The third-order valence-electron chi connectivity index (χ3n) is 3.16. The van der Waals surface area contributed by atoms with Crippen molar-refractivity contribution in [1.82, 2.24) is 9.88 Å². The topological polar surface area (TPSA) is 36.1 Å². The molecule has 1 aromatic heterocycles. The molecule has 2 aromatic rings. The smallest absolute Gasteiger partial charge is 0.246 e. The molecular formula is C16H18N2O. The second-order valence-corrected chi connectivity index (χ2v) is 4.39. The summed E-state index contributed by atoms with van der Waals surface area (Å²) in [6.07, 6.45) is 5.90. The molecule has 0 bridgehead atoms. The van der Waals surface area contributed by atoms with Gasteiger partial charge in [-0.15, -0.1) is 6.58 Å². The van der Waals surface area contributed by atoms with Crippen molar-refractivity contribution in [1.29, 1.82) is 0 Å². The summed E-state index contributed by atoms with van der Waals surface area (Å²) in [5, 5.41) is 1.21. The van der Waals surface area contributed by atoms with Gasteiger partial charge in [0, 0.05) is 30.2 Å². The van der Waals surface area contributed by atoms with E-state index in [2.05, 4.69) is 30.3 Å². The molecule has 0 atom stereocenters. The van der Waals surface area contributed by atoms with Crippen LogP contribution in [-0.4, -0.2) is 28.9 Å². The highest BCUT2D eigenvalue weighted by atomic mass is 16.2. The molecule has 1 aromatic carbocycles. The third kappa shape index (κ3) is 2.94. The van der Waals surface area contributed by atoms with E-state index in [0.717, 1.165) is 11.9 Å². The van der Waals surface area contributed by atoms with Gasteiger partial charge in [-0.25, -0.2) is 0 Å². The summed E-state index contributed by atoms with van der Waals surface area (Å²) in [5.41, 5.74) is 2.35. The molecule has 0 aliphatic heterocycles. The van der Waals surface area contributed by atoms with Crippen LogP contribution < -0.4 is 0 Å². The molecule has 0 aliphatic carbocycles. The Morgan fingerprint density at radius 1 is 1.32 bits per heavy atom. The molecule has 2 rings (SSSR count). The van der Waals surface area contributed by atoms with Crippen LogP contribution in [0.15, 0.2) is 55.8 Å². The maximum Gasteiger partial charge on any atom is 0.246 e. The Bertz CT molecular complexity index is 598. The molecule has 98 valence electrons. The molecule has 0 saturated heterocycles. The monoisotopic (exact) mass is 254 g/mol. The molecule has 0 radical (unpaired) electrons. The summed E-state index contributed by atoms with van der Waals surface area (Å²) < 4.78 is 0. The predicted octanol–water partition coefficient (Wildman–Crippen LogP) is 2.91. The van der Waals surface area contributed by atoms with Gasteiger partial charge in [-0.05, 0) is 24.1 Å². The molecule has 0 aliphatic rings. The maximum absolute atomic E-state index is 11.7. The number of fused-ring (bicyclic) bond motifs is 1. The number of nitrogens with zero attached hydrogens (tertiary/aromatic N) is 1. The van der Waals surface area contributed by atoms with Crippen molar-refractivity contribution in [3.05, 3.63) is 61.3 Å². The van der Waals surface area contributed by atoms with Crippen molar-refractivity contribution in [2.24, 2.45) is 0 Å². The standard InChI is InChI=1S/C16H18N2O/c1-3-10-18(16(19)4-2)11-9-13-12-17-15-8-6-5-7-14(13)15/h3-8,12,17H,1-2,9-11H2. The fraction of sp³-hybridized carbons (Fsp3) is 0.188. The summed E-state index contributed by atoms with van der Waals surface area (Å²) in [5.74, 6) is -0.0558. The Hall–Kier alpha value is -2.29. The molecule has 1 heterocycles. The lowest BCUT2D eigenvalue weighted by molar-refractivity contribution is -0.125. The van der Waals surface area contributed by atoms with Gasteiger partial charge in [-0.3, -0.25) is 4.79 Å². The van der Waals surface area contributed by atoms with Gasteiger partial charge in [0.15, 0.2) is 0 Å². The van der Waals surface area contributed by atoms with E-state index in [0.29, 0.717) is 13.1 Å². The molecule has 3 heteroatoms. The van der Waals surface area contributed by atoms with Crippen molar-refractivity contribution < 1.29 is 4.79 Å². The van der Waals surface area contributed by atoms with Gasteiger partial charge in [0.1, 0.15) is 0 Å². The van der Waals surface area contributed by atoms with Crippen LogP contribution in [0.25, 0.3) is 10.9 Å². The zero-order valence-electron chi connectivity index (χ0n) is 10.9. The largest absolute Gasteiger partial charge is 0.361 e. The number of carbonyl (C=O) groups excluding carboxylic acids is 1. The molecule has 0 spiro atoms. The second kappa shape index (κ2) is 6.05. The van der Waals surface area contributed by atoms with Gasteiger partial charge in [0.05, 0.1) is 0 Å². The minimum absolute atomic E-state index is 0.0558. The number of rotatable bonds is 6. The number of para-hydroxylation sites is 1. The number of benzene rings is 1. The quantitative estimate of drug-likeness (QED) is 0.624. The van der Waals surface area contributed by atoms with Crippen molar-refractivity contribution >= 4 is 16.8 Å². The normalized spacial score (nSPS) is 10.3. The van der Waals surface area contributed by atoms with E-state index in [9.17, 15) is 4.79 Å². The van der Waals surface area contributed by atoms with Gasteiger partial charge < -0.3 is 9.88 Å². The number of hydrogen-bond acceptors (Lipinski definition) is 1. The first-order chi connectivity index (χ1) is 9.26. The van der Waals surface area contributed by atoms with Gasteiger partial charge in [-0.2, -0.15) is 0 Å². The lowest BCUT2D eigenvalue weighted by atomic mass is 10.1. The van der Waals surface area contributed by atoms with Crippen molar-refractivity contribution in [2.75, 3.05) is 13.1 Å². The number of hydrogen-bond donors (Lipinski definition) is 1. The number of H-pyrrole nitrogens is 1. The van der Waals surface area contributed by atoms with E-state index in [1.165, 1.54) is 17.0 Å². The highest BCUT2D eigenvalue weighted by Gasteiger charge is 2.10. The highest BCUT2D eigenvalue weighted by molar-refractivity contribution is 5.87. The lowest BCUT2D eigenvalue weighted by Crippen LogP contribution is -2.31. The summed E-state index contributed by atoms with van der Waals surface area (Å²) in [4.78, 5) is 16.7. The Morgan fingerprint density at radius 3 is 2.84 bits per heavy atom. The fourth-order valence-electron chi connectivity index (χ4n) is 2.17. The highest BCUT2D eigenvalue weighted by Crippen LogP contribution is 2.18. The SMILES string of the molecule is C=CCN(CCc1c[nH]c2ccccc12)C(=O)C=C. The molecule has 0 fully saturated rings. The minimum atomic E-state index is -0.0558. The van der Waals surface area contributed by atoms with Crippen molar-refractivity contribution in [3.63, 3.8) is 0 Å². The number of carbonyl (C=O) groups is 1. The van der Waals surface area contributed by atoms with Crippen LogP contribution in [0.2, 0.25) is 0 Å². The van der Waals surface area contributed by atoms with Crippen LogP contribution in [0, 0.1) is 0 Å². The van der Waals surface area contributed by atoms with E-state index in [1.54, 1.807) is 11.0 Å². The van der Waals surface area contributed by atoms with Gasteiger partial charge in [-0.1, -0.05) is 30.9 Å². The molecule has 1 N–H and O–H groups in total. The van der Waals surface area contributed by atoms with Crippen molar-refractivity contribution in [3.8, 4) is 0 Å². The molecular weight excluding hydrogens is 236 g/mol. The van der Waals surface area contributed by atoms with E-state index in [1.807, 2.05) is 18.3 Å². The van der Waals surface area contributed by atoms with Crippen LogP contribution in [-0.2, 0) is 11.2 Å². The summed E-state index contributed by atoms with van der Waals surface area (Å²) in [6, 6.07) is 8.17. The van der Waals surface area contributed by atoms with Crippen LogP contribution in [0.3, 0.4) is 0 Å². The van der Waals surface area contributed by atoms with Crippen LogP contribution in [0.1, 0.15) is 5.56 Å². The van der Waals surface area contributed by atoms with Crippen LogP contribution in [0.5, 0.6) is 0 Å². The van der Waals surface area contributed by atoms with Crippen molar-refractivity contribution in [2.45, 2.75) is 6.42 Å². The number of aromatic amines is 1. The first-order valence-electron chi connectivity index (χ1n) is 6.33. The first kappa shape index (κ1) is 13.1. The average Bonchev–Trinajstić information content (AvgIpc) is 2.86. The average molecular weight is 254 g/mol.